The van der Waals surface area contributed by atoms with Crippen molar-refractivity contribution in [1.82, 2.24) is 34.9 Å². The number of nitrogens with one attached hydrogen (secondary N) is 1. The van der Waals surface area contributed by atoms with Crippen LogP contribution >= 0.6 is 0 Å². The second-order valence-corrected chi connectivity index (χ2v) is 9.15. The number of para-hydroxylation sites is 2. The van der Waals surface area contributed by atoms with E-state index in [1.165, 1.54) is 10.8 Å². The number of hydrogen-bond acceptors (Lipinski definition) is 9. The van der Waals surface area contributed by atoms with Gasteiger partial charge in [0, 0.05) is 25.8 Å². The molecule has 0 unspecified atom stereocenters. The third-order valence-corrected chi connectivity index (χ3v) is 6.26. The number of nitrogens with zero attached hydrogens (tertiary/aromatic N) is 7. The molecule has 2 aromatic carbocycles. The number of amides is 1. The first-order valence-corrected chi connectivity index (χ1v) is 12.8. The molecule has 1 fully saturated rings. The number of rotatable bonds is 10. The van der Waals surface area contributed by atoms with Gasteiger partial charge in [-0.1, -0.05) is 17.3 Å². The van der Waals surface area contributed by atoms with E-state index in [2.05, 4.69) is 30.7 Å². The van der Waals surface area contributed by atoms with Crippen LogP contribution in [0.15, 0.2) is 64.6 Å². The Morgan fingerprint density at radius 2 is 1.95 bits per heavy atom. The van der Waals surface area contributed by atoms with E-state index in [-0.39, 0.29) is 12.1 Å². The van der Waals surface area contributed by atoms with Gasteiger partial charge in [0.1, 0.15) is 24.6 Å². The summed E-state index contributed by atoms with van der Waals surface area (Å²) in [7, 11) is 0. The molecule has 0 spiro atoms. The zero-order valence-corrected chi connectivity index (χ0v) is 21.7. The quantitative estimate of drug-likeness (QED) is 0.240. The van der Waals surface area contributed by atoms with Crippen molar-refractivity contribution in [3.63, 3.8) is 0 Å². The Morgan fingerprint density at radius 1 is 1.15 bits per heavy atom. The summed E-state index contributed by atoms with van der Waals surface area (Å²) in [4.78, 5) is 31.6. The zero-order valence-electron chi connectivity index (χ0n) is 21.7. The van der Waals surface area contributed by atoms with Crippen molar-refractivity contribution in [2.24, 2.45) is 5.10 Å². The third kappa shape index (κ3) is 6.92. The fourth-order valence-electron chi connectivity index (χ4n) is 4.25. The Bertz CT molecular complexity index is 1510. The van der Waals surface area contributed by atoms with E-state index < -0.39 is 5.91 Å². The average Bonchev–Trinajstić information content (AvgIpc) is 3.39. The topological polar surface area (TPSA) is 129 Å². The van der Waals surface area contributed by atoms with Crippen molar-refractivity contribution >= 4 is 23.2 Å². The molecule has 39 heavy (non-hydrogen) atoms. The summed E-state index contributed by atoms with van der Waals surface area (Å²) in [5.41, 5.74) is 5.48. The SMILES string of the molecule is Cc1nc2ccccc2n(CC(=O)N/N=C/c2ccc(OCCn3cc(CN4CCOCC4)nn3)cc2)c1=O. The molecule has 1 aliphatic rings. The van der Waals surface area contributed by atoms with E-state index in [1.807, 2.05) is 36.5 Å². The van der Waals surface area contributed by atoms with Crippen molar-refractivity contribution in [1.29, 1.82) is 0 Å². The lowest BCUT2D eigenvalue weighted by Gasteiger charge is -2.25. The Labute approximate surface area is 224 Å². The van der Waals surface area contributed by atoms with Crippen LogP contribution in [0.25, 0.3) is 11.0 Å². The van der Waals surface area contributed by atoms with Crippen LogP contribution in [0.1, 0.15) is 17.0 Å². The monoisotopic (exact) mass is 530 g/mol. The first-order valence-electron chi connectivity index (χ1n) is 12.8. The lowest BCUT2D eigenvalue weighted by atomic mass is 10.2. The predicted molar refractivity (Wildman–Crippen MR) is 145 cm³/mol. The Hall–Kier alpha value is -4.42. The van der Waals surface area contributed by atoms with E-state index in [4.69, 9.17) is 9.47 Å². The molecule has 1 aliphatic heterocycles. The molecule has 0 aliphatic carbocycles. The third-order valence-electron chi connectivity index (χ3n) is 6.26. The number of aromatic nitrogens is 5. The standard InChI is InChI=1S/C27H30N8O4/c1-20-27(37)35(25-5-3-2-4-24(25)29-20)19-26(36)31-28-16-21-6-8-23(9-7-21)39-15-12-34-18-22(30-32-34)17-33-10-13-38-14-11-33/h2-9,16,18H,10-15,17,19H2,1H3,(H,31,36)/b28-16+. The Morgan fingerprint density at radius 3 is 2.77 bits per heavy atom. The van der Waals surface area contributed by atoms with Crippen molar-refractivity contribution in [3.8, 4) is 5.75 Å². The van der Waals surface area contributed by atoms with Gasteiger partial charge in [-0.2, -0.15) is 5.10 Å². The van der Waals surface area contributed by atoms with Crippen molar-refractivity contribution < 1.29 is 14.3 Å². The van der Waals surface area contributed by atoms with Gasteiger partial charge < -0.3 is 9.47 Å². The van der Waals surface area contributed by atoms with Crippen molar-refractivity contribution in [2.45, 2.75) is 26.6 Å². The van der Waals surface area contributed by atoms with Gasteiger partial charge in [-0.05, 0) is 48.9 Å². The van der Waals surface area contributed by atoms with Crippen LogP contribution in [0.3, 0.4) is 0 Å². The number of ether oxygens (including phenoxy) is 2. The highest BCUT2D eigenvalue weighted by molar-refractivity contribution is 5.83. The van der Waals surface area contributed by atoms with Crippen molar-refractivity contribution in [2.75, 3.05) is 32.9 Å². The summed E-state index contributed by atoms with van der Waals surface area (Å²) in [5, 5.41) is 12.4. The van der Waals surface area contributed by atoms with Crippen molar-refractivity contribution in [3.05, 3.63) is 82.0 Å². The molecule has 12 heteroatoms. The minimum Gasteiger partial charge on any atom is -0.492 e. The molecule has 1 amide bonds. The molecule has 1 N–H and O–H groups in total. The fraction of sp³-hybridized carbons (Fsp3) is 0.333. The number of hydrogen-bond donors (Lipinski definition) is 1. The molecule has 0 atom stereocenters. The largest absolute Gasteiger partial charge is 0.492 e. The second kappa shape index (κ2) is 12.4. The summed E-state index contributed by atoms with van der Waals surface area (Å²) < 4.78 is 14.4. The number of hydrazone groups is 1. The highest BCUT2D eigenvalue weighted by Gasteiger charge is 2.13. The van der Waals surface area contributed by atoms with Gasteiger partial charge in [-0.3, -0.25) is 19.1 Å². The maximum absolute atomic E-state index is 12.5. The molecule has 4 aromatic rings. The van der Waals surface area contributed by atoms with Crippen LogP contribution < -0.4 is 15.7 Å². The summed E-state index contributed by atoms with van der Waals surface area (Å²) >= 11 is 0. The van der Waals surface area contributed by atoms with Gasteiger partial charge in [0.15, 0.2) is 0 Å². The van der Waals surface area contributed by atoms with Crippen LogP contribution in [-0.4, -0.2) is 74.5 Å². The minimum absolute atomic E-state index is 0.159. The maximum Gasteiger partial charge on any atom is 0.272 e. The van der Waals surface area contributed by atoms with E-state index in [0.717, 1.165) is 44.1 Å². The molecule has 5 rings (SSSR count). The maximum atomic E-state index is 12.5. The van der Waals surface area contributed by atoms with E-state index in [9.17, 15) is 9.59 Å². The molecular formula is C27H30N8O4. The smallest absolute Gasteiger partial charge is 0.272 e. The first kappa shape index (κ1) is 26.2. The summed E-state index contributed by atoms with van der Waals surface area (Å²) in [6, 6.07) is 14.6. The van der Waals surface area contributed by atoms with E-state index in [0.29, 0.717) is 35.6 Å². The van der Waals surface area contributed by atoms with E-state index in [1.54, 1.807) is 29.8 Å². The molecule has 3 heterocycles. The predicted octanol–water partition coefficient (Wildman–Crippen LogP) is 1.36. The molecule has 0 radical (unpaired) electrons. The lowest BCUT2D eigenvalue weighted by molar-refractivity contribution is -0.121. The molecule has 12 nitrogen and oxygen atoms in total. The molecule has 2 aromatic heterocycles. The van der Waals surface area contributed by atoms with Gasteiger partial charge in [-0.25, -0.2) is 15.1 Å². The molecule has 1 saturated heterocycles. The van der Waals surface area contributed by atoms with Gasteiger partial charge >= 0.3 is 0 Å². The van der Waals surface area contributed by atoms with Gasteiger partial charge in [0.05, 0.1) is 42.7 Å². The van der Waals surface area contributed by atoms with E-state index >= 15 is 0 Å². The number of fused-ring (bicyclic) bond motifs is 1. The zero-order chi connectivity index (χ0) is 27.0. The Balaban J connectivity index is 1.07. The molecule has 0 saturated carbocycles. The molecule has 0 bridgehead atoms. The average molecular weight is 531 g/mol. The van der Waals surface area contributed by atoms with Crippen LogP contribution in [0.2, 0.25) is 0 Å². The highest BCUT2D eigenvalue weighted by Crippen LogP contribution is 2.12. The summed E-state index contributed by atoms with van der Waals surface area (Å²) in [6.45, 7) is 6.61. The van der Waals surface area contributed by atoms with Gasteiger partial charge in [-0.15, -0.1) is 5.10 Å². The number of morpholine rings is 1. The Kier molecular flexibility index (Phi) is 8.34. The second-order valence-electron chi connectivity index (χ2n) is 9.15. The molecule has 202 valence electrons. The summed E-state index contributed by atoms with van der Waals surface area (Å²) in [5.74, 6) is 0.300. The lowest BCUT2D eigenvalue weighted by Crippen LogP contribution is -2.35. The van der Waals surface area contributed by atoms with Crippen LogP contribution in [0, 0.1) is 6.92 Å². The van der Waals surface area contributed by atoms with Crippen LogP contribution in [0.4, 0.5) is 0 Å². The summed E-state index contributed by atoms with van der Waals surface area (Å²) in [6.07, 6.45) is 3.48. The minimum atomic E-state index is -0.412. The van der Waals surface area contributed by atoms with Crippen LogP contribution in [0.5, 0.6) is 5.75 Å². The normalized spacial score (nSPS) is 14.2. The fourth-order valence-corrected chi connectivity index (χ4v) is 4.25. The number of carbonyl (C=O) groups is 1. The van der Waals surface area contributed by atoms with Gasteiger partial charge in [0.2, 0.25) is 0 Å². The number of aryl methyl sites for hydroxylation is 1. The first-order chi connectivity index (χ1) is 19.0. The highest BCUT2D eigenvalue weighted by atomic mass is 16.5. The van der Waals surface area contributed by atoms with Gasteiger partial charge in [0.25, 0.3) is 11.5 Å². The van der Waals surface area contributed by atoms with Crippen LogP contribution in [-0.2, 0) is 29.2 Å². The molecular weight excluding hydrogens is 500 g/mol. The number of carbonyl (C=O) groups excluding carboxylic acids is 1. The number of benzene rings is 2.